The van der Waals surface area contributed by atoms with Crippen LogP contribution in [0.15, 0.2) is 77.1 Å². The molecule has 1 heterocycles. The average Bonchev–Trinajstić information content (AvgIpc) is 2.83. The maximum absolute atomic E-state index is 13.5. The van der Waals surface area contributed by atoms with Gasteiger partial charge in [0.1, 0.15) is 12.4 Å². The Morgan fingerprint density at radius 2 is 1.70 bits per heavy atom. The monoisotopic (exact) mass is 447 g/mol. The molecular weight excluding hydrogens is 418 g/mol. The minimum absolute atomic E-state index is 0.0492. The fraction of sp³-hybridized carbons (Fsp3) is 0.333. The molecule has 6 heteroatoms. The molecule has 1 aliphatic carbocycles. The van der Waals surface area contributed by atoms with Crippen LogP contribution in [0.2, 0.25) is 0 Å². The van der Waals surface area contributed by atoms with Crippen molar-refractivity contribution >= 4 is 11.8 Å². The Balaban J connectivity index is 1.74. The van der Waals surface area contributed by atoms with Crippen LogP contribution < -0.4 is 10.1 Å². The van der Waals surface area contributed by atoms with Crippen LogP contribution in [0, 0.1) is 0 Å². The third-order valence-electron chi connectivity index (χ3n) is 6.29. The number of Topliss-reactive ketones (excluding diaryl/α,β-unsaturated/α-hetero) is 1. The summed E-state index contributed by atoms with van der Waals surface area (Å²) in [5.74, 6) is -0.0719. The first-order chi connectivity index (χ1) is 16.0. The van der Waals surface area contributed by atoms with Gasteiger partial charge in [0.25, 0.3) is 0 Å². The third-order valence-corrected chi connectivity index (χ3v) is 6.29. The number of methoxy groups -OCH3 is 2. The van der Waals surface area contributed by atoms with Crippen molar-refractivity contribution < 1.29 is 23.8 Å². The number of hydrogen-bond acceptors (Lipinski definition) is 6. The van der Waals surface area contributed by atoms with Crippen molar-refractivity contribution in [2.24, 2.45) is 0 Å². The van der Waals surface area contributed by atoms with Gasteiger partial charge in [0, 0.05) is 36.4 Å². The zero-order valence-electron chi connectivity index (χ0n) is 19.2. The van der Waals surface area contributed by atoms with E-state index in [9.17, 15) is 9.59 Å². The lowest BCUT2D eigenvalue weighted by atomic mass is 9.72. The number of hydrogen-bond donors (Lipinski definition) is 1. The van der Waals surface area contributed by atoms with Crippen molar-refractivity contribution in [3.63, 3.8) is 0 Å². The molecule has 4 rings (SSSR count). The normalized spacial score (nSPS) is 20.3. The number of ketones is 1. The number of esters is 1. The van der Waals surface area contributed by atoms with E-state index < -0.39 is 11.9 Å². The van der Waals surface area contributed by atoms with Gasteiger partial charge < -0.3 is 19.5 Å². The second kappa shape index (κ2) is 10.0. The van der Waals surface area contributed by atoms with E-state index in [1.165, 1.54) is 0 Å². The maximum Gasteiger partial charge on any atom is 0.336 e. The molecule has 2 aromatic carbocycles. The molecule has 6 nitrogen and oxygen atoms in total. The highest BCUT2D eigenvalue weighted by Crippen LogP contribution is 2.45. The second-order valence-electron chi connectivity index (χ2n) is 8.33. The standard InChI is InChI=1S/C27H29NO5/c1-17-24(27(30)33-14-13-31-2)25(19-9-11-21(32-3)12-10-19)26-22(28-17)15-20(16-23(26)29)18-7-5-4-6-8-18/h4-12,20,25,28H,13-16H2,1-3H3/t20-,25-/m1/s1. The first-order valence-corrected chi connectivity index (χ1v) is 11.1. The first kappa shape index (κ1) is 22.8. The summed E-state index contributed by atoms with van der Waals surface area (Å²) < 4.78 is 15.8. The highest BCUT2D eigenvalue weighted by atomic mass is 16.6. The Morgan fingerprint density at radius 1 is 0.970 bits per heavy atom. The molecule has 0 spiro atoms. The number of dihydropyridines is 1. The Bertz CT molecular complexity index is 1090. The molecule has 0 aromatic heterocycles. The summed E-state index contributed by atoms with van der Waals surface area (Å²) in [5, 5.41) is 3.37. The van der Waals surface area contributed by atoms with Crippen LogP contribution in [0.25, 0.3) is 0 Å². The molecule has 0 bridgehead atoms. The molecule has 2 atom stereocenters. The van der Waals surface area contributed by atoms with Crippen LogP contribution in [0.4, 0.5) is 0 Å². The molecule has 0 saturated carbocycles. The Hall–Kier alpha value is -3.38. The van der Waals surface area contributed by atoms with Gasteiger partial charge in [-0.05, 0) is 42.5 Å². The SMILES string of the molecule is COCCOC(=O)C1=C(C)NC2=C(C(=O)C[C@H](c3ccccc3)C2)[C@@H]1c1ccc(OC)cc1. The predicted octanol–water partition coefficient (Wildman–Crippen LogP) is 4.25. The van der Waals surface area contributed by atoms with Crippen molar-refractivity contribution in [3.8, 4) is 5.75 Å². The third kappa shape index (κ3) is 4.71. The van der Waals surface area contributed by atoms with E-state index in [0.29, 0.717) is 42.0 Å². The lowest BCUT2D eigenvalue weighted by molar-refractivity contribution is -0.140. The number of benzene rings is 2. The Morgan fingerprint density at radius 3 is 2.36 bits per heavy atom. The molecule has 0 radical (unpaired) electrons. The molecule has 0 saturated heterocycles. The molecule has 0 unspecified atom stereocenters. The predicted molar refractivity (Wildman–Crippen MR) is 125 cm³/mol. The van der Waals surface area contributed by atoms with E-state index in [1.807, 2.05) is 49.4 Å². The second-order valence-corrected chi connectivity index (χ2v) is 8.33. The fourth-order valence-electron chi connectivity index (χ4n) is 4.70. The number of rotatable bonds is 7. The number of carbonyl (C=O) groups is 2. The van der Waals surface area contributed by atoms with Crippen molar-refractivity contribution in [3.05, 3.63) is 88.3 Å². The molecule has 1 N–H and O–H groups in total. The van der Waals surface area contributed by atoms with Crippen LogP contribution in [-0.4, -0.2) is 39.2 Å². The molecule has 0 amide bonds. The zero-order valence-corrected chi connectivity index (χ0v) is 19.2. The van der Waals surface area contributed by atoms with Gasteiger partial charge in [0.05, 0.1) is 19.3 Å². The summed E-state index contributed by atoms with van der Waals surface area (Å²) in [4.78, 5) is 26.7. The molecule has 33 heavy (non-hydrogen) atoms. The number of ether oxygens (including phenoxy) is 3. The van der Waals surface area contributed by atoms with E-state index in [4.69, 9.17) is 14.2 Å². The molecule has 1 aliphatic heterocycles. The van der Waals surface area contributed by atoms with E-state index in [1.54, 1.807) is 14.2 Å². The summed E-state index contributed by atoms with van der Waals surface area (Å²) in [6.45, 7) is 2.32. The highest BCUT2D eigenvalue weighted by Gasteiger charge is 2.41. The van der Waals surface area contributed by atoms with Crippen LogP contribution in [0.1, 0.15) is 42.7 Å². The number of carbonyl (C=O) groups excluding carboxylic acids is 2. The van der Waals surface area contributed by atoms with Crippen LogP contribution in [-0.2, 0) is 19.1 Å². The number of nitrogens with one attached hydrogen (secondary N) is 1. The van der Waals surface area contributed by atoms with E-state index in [0.717, 1.165) is 16.8 Å². The van der Waals surface area contributed by atoms with Gasteiger partial charge in [-0.3, -0.25) is 4.79 Å². The van der Waals surface area contributed by atoms with E-state index in [-0.39, 0.29) is 18.3 Å². The summed E-state index contributed by atoms with van der Waals surface area (Å²) >= 11 is 0. The summed E-state index contributed by atoms with van der Waals surface area (Å²) in [5.41, 5.74) is 4.70. The van der Waals surface area contributed by atoms with Gasteiger partial charge in [-0.1, -0.05) is 42.5 Å². The summed E-state index contributed by atoms with van der Waals surface area (Å²) in [7, 11) is 3.17. The van der Waals surface area contributed by atoms with Gasteiger partial charge >= 0.3 is 5.97 Å². The van der Waals surface area contributed by atoms with Crippen molar-refractivity contribution in [1.82, 2.24) is 5.32 Å². The topological polar surface area (TPSA) is 73.9 Å². The zero-order chi connectivity index (χ0) is 23.4. The Kier molecular flexibility index (Phi) is 6.94. The summed E-state index contributed by atoms with van der Waals surface area (Å²) in [6, 6.07) is 17.6. The van der Waals surface area contributed by atoms with Crippen LogP contribution in [0.3, 0.4) is 0 Å². The van der Waals surface area contributed by atoms with Crippen molar-refractivity contribution in [2.45, 2.75) is 31.6 Å². The fourth-order valence-corrected chi connectivity index (χ4v) is 4.70. The average molecular weight is 448 g/mol. The minimum Gasteiger partial charge on any atom is -0.497 e. The van der Waals surface area contributed by atoms with Gasteiger partial charge in [-0.15, -0.1) is 0 Å². The van der Waals surface area contributed by atoms with Crippen LogP contribution >= 0.6 is 0 Å². The van der Waals surface area contributed by atoms with E-state index >= 15 is 0 Å². The minimum atomic E-state index is -0.494. The van der Waals surface area contributed by atoms with Gasteiger partial charge in [-0.25, -0.2) is 4.79 Å². The quantitative estimate of drug-likeness (QED) is 0.505. The maximum atomic E-state index is 13.5. The molecule has 2 aromatic rings. The Labute approximate surface area is 194 Å². The number of allylic oxidation sites excluding steroid dienone is 3. The smallest absolute Gasteiger partial charge is 0.336 e. The lowest BCUT2D eigenvalue weighted by Crippen LogP contribution is -2.36. The highest BCUT2D eigenvalue weighted by molar-refractivity contribution is 6.04. The molecule has 0 fully saturated rings. The van der Waals surface area contributed by atoms with Crippen molar-refractivity contribution in [2.75, 3.05) is 27.4 Å². The molecule has 172 valence electrons. The van der Waals surface area contributed by atoms with E-state index in [2.05, 4.69) is 17.4 Å². The first-order valence-electron chi connectivity index (χ1n) is 11.1. The van der Waals surface area contributed by atoms with Gasteiger partial charge in [0.2, 0.25) is 0 Å². The molecular formula is C27H29NO5. The lowest BCUT2D eigenvalue weighted by Gasteiger charge is -2.36. The van der Waals surface area contributed by atoms with Gasteiger partial charge in [0.15, 0.2) is 5.78 Å². The van der Waals surface area contributed by atoms with Crippen molar-refractivity contribution in [1.29, 1.82) is 0 Å². The van der Waals surface area contributed by atoms with Gasteiger partial charge in [-0.2, -0.15) is 0 Å². The summed E-state index contributed by atoms with van der Waals surface area (Å²) in [6.07, 6.45) is 1.11. The van der Waals surface area contributed by atoms with Crippen LogP contribution in [0.5, 0.6) is 5.75 Å². The molecule has 2 aliphatic rings. The largest absolute Gasteiger partial charge is 0.497 e.